The fourth-order valence-corrected chi connectivity index (χ4v) is 1.13. The Morgan fingerprint density at radius 2 is 1.40 bits per heavy atom. The molecule has 0 rings (SSSR count). The minimum atomic E-state index is -1.19. The van der Waals surface area contributed by atoms with Crippen LogP contribution >= 0.6 is 0 Å². The van der Waals surface area contributed by atoms with E-state index in [2.05, 4.69) is 16.0 Å². The number of hydrogen-bond donors (Lipinski definition) is 5. The molecule has 20 heavy (non-hydrogen) atoms. The molecule has 0 radical (unpaired) electrons. The second kappa shape index (κ2) is 8.10. The molecule has 0 aromatic carbocycles. The molecule has 0 saturated carbocycles. The summed E-state index contributed by atoms with van der Waals surface area (Å²) in [7, 11) is 0. The van der Waals surface area contributed by atoms with Gasteiger partial charge in [0.15, 0.2) is 0 Å². The van der Waals surface area contributed by atoms with Crippen LogP contribution in [0.2, 0.25) is 0 Å². The average molecular weight is 288 g/mol. The molecule has 0 aromatic heterocycles. The molecule has 0 heterocycles. The standard InChI is InChI=1S/C11H20N4O5/c1-5(12)9(18)14-7(3)11(20)15-6(2)10(19)13-4-8(16)17/h5-7H,4,12H2,1-3H3,(H,13,19)(H,14,18)(H,15,20)(H,16,17). The number of carbonyl (C=O) groups excluding carboxylic acids is 3. The van der Waals surface area contributed by atoms with Crippen LogP contribution in [-0.2, 0) is 19.2 Å². The second-order valence-electron chi connectivity index (χ2n) is 4.36. The zero-order valence-electron chi connectivity index (χ0n) is 11.6. The van der Waals surface area contributed by atoms with Crippen LogP contribution in [0.4, 0.5) is 0 Å². The summed E-state index contributed by atoms with van der Waals surface area (Å²) in [6, 6.07) is -2.53. The smallest absolute Gasteiger partial charge is 0.322 e. The summed E-state index contributed by atoms with van der Waals surface area (Å²) in [6.07, 6.45) is 0. The molecule has 3 amide bonds. The Morgan fingerprint density at radius 1 is 0.950 bits per heavy atom. The highest BCUT2D eigenvalue weighted by Gasteiger charge is 2.21. The maximum atomic E-state index is 11.7. The Balaban J connectivity index is 4.27. The summed E-state index contributed by atoms with van der Waals surface area (Å²) in [5.41, 5.74) is 5.34. The fourth-order valence-electron chi connectivity index (χ4n) is 1.13. The lowest BCUT2D eigenvalue weighted by Crippen LogP contribution is -2.53. The fraction of sp³-hybridized carbons (Fsp3) is 0.636. The van der Waals surface area contributed by atoms with Crippen LogP contribution in [-0.4, -0.2) is 53.5 Å². The van der Waals surface area contributed by atoms with Crippen molar-refractivity contribution in [3.63, 3.8) is 0 Å². The summed E-state index contributed by atoms with van der Waals surface area (Å²) in [6.45, 7) is 3.78. The van der Waals surface area contributed by atoms with Gasteiger partial charge < -0.3 is 26.8 Å². The summed E-state index contributed by atoms with van der Waals surface area (Å²) in [5.74, 6) is -2.88. The number of hydrogen-bond acceptors (Lipinski definition) is 5. The maximum absolute atomic E-state index is 11.7. The van der Waals surface area contributed by atoms with Gasteiger partial charge in [0.25, 0.3) is 0 Å². The Morgan fingerprint density at radius 3 is 1.85 bits per heavy atom. The molecule has 114 valence electrons. The summed E-state index contributed by atoms with van der Waals surface area (Å²) in [5, 5.41) is 15.2. The predicted molar refractivity (Wildman–Crippen MR) is 69.5 cm³/mol. The zero-order valence-corrected chi connectivity index (χ0v) is 11.6. The number of aliphatic carboxylic acids is 1. The predicted octanol–water partition coefficient (Wildman–Crippen LogP) is -2.46. The van der Waals surface area contributed by atoms with E-state index in [1.54, 1.807) is 0 Å². The minimum Gasteiger partial charge on any atom is -0.480 e. The van der Waals surface area contributed by atoms with Crippen molar-refractivity contribution < 1.29 is 24.3 Å². The van der Waals surface area contributed by atoms with Crippen molar-refractivity contribution in [2.75, 3.05) is 6.54 Å². The molecule has 9 nitrogen and oxygen atoms in total. The number of carbonyl (C=O) groups is 4. The van der Waals surface area contributed by atoms with Crippen LogP contribution < -0.4 is 21.7 Å². The van der Waals surface area contributed by atoms with E-state index in [0.717, 1.165) is 0 Å². The van der Waals surface area contributed by atoms with Gasteiger partial charge in [-0.3, -0.25) is 19.2 Å². The highest BCUT2D eigenvalue weighted by Crippen LogP contribution is 1.89. The molecule has 0 fully saturated rings. The first-order valence-corrected chi connectivity index (χ1v) is 6.01. The summed E-state index contributed by atoms with van der Waals surface area (Å²) >= 11 is 0. The van der Waals surface area contributed by atoms with E-state index in [0.29, 0.717) is 0 Å². The zero-order chi connectivity index (χ0) is 15.9. The molecule has 0 spiro atoms. The molecule has 3 atom stereocenters. The van der Waals surface area contributed by atoms with Crippen molar-refractivity contribution in [3.8, 4) is 0 Å². The van der Waals surface area contributed by atoms with Crippen LogP contribution in [0.15, 0.2) is 0 Å². The summed E-state index contributed by atoms with van der Waals surface area (Å²) in [4.78, 5) is 44.7. The Labute approximate surface area is 116 Å². The van der Waals surface area contributed by atoms with Gasteiger partial charge in [0.2, 0.25) is 17.7 Å². The van der Waals surface area contributed by atoms with Gasteiger partial charge in [-0.1, -0.05) is 0 Å². The Hall–Kier alpha value is -2.16. The lowest BCUT2D eigenvalue weighted by Gasteiger charge is -2.18. The normalized spacial score (nSPS) is 14.6. The van der Waals surface area contributed by atoms with Gasteiger partial charge in [0.05, 0.1) is 6.04 Å². The Bertz CT molecular complexity index is 396. The molecule has 3 unspecified atom stereocenters. The summed E-state index contributed by atoms with van der Waals surface area (Å²) < 4.78 is 0. The molecular weight excluding hydrogens is 268 g/mol. The van der Waals surface area contributed by atoms with Crippen molar-refractivity contribution in [2.45, 2.75) is 38.9 Å². The SMILES string of the molecule is CC(N)C(=O)NC(C)C(=O)NC(C)C(=O)NCC(=O)O. The van der Waals surface area contributed by atoms with Crippen LogP contribution in [0.3, 0.4) is 0 Å². The molecule has 0 aliphatic carbocycles. The van der Waals surface area contributed by atoms with Crippen molar-refractivity contribution in [1.29, 1.82) is 0 Å². The van der Waals surface area contributed by atoms with E-state index in [1.165, 1.54) is 20.8 Å². The topological polar surface area (TPSA) is 151 Å². The number of nitrogens with two attached hydrogens (primary N) is 1. The molecule has 9 heteroatoms. The highest BCUT2D eigenvalue weighted by atomic mass is 16.4. The van der Waals surface area contributed by atoms with E-state index in [-0.39, 0.29) is 0 Å². The van der Waals surface area contributed by atoms with Crippen LogP contribution in [0.5, 0.6) is 0 Å². The molecule has 0 aromatic rings. The second-order valence-corrected chi connectivity index (χ2v) is 4.36. The maximum Gasteiger partial charge on any atom is 0.322 e. The van der Waals surface area contributed by atoms with Gasteiger partial charge in [-0.15, -0.1) is 0 Å². The third-order valence-electron chi connectivity index (χ3n) is 2.33. The van der Waals surface area contributed by atoms with Crippen molar-refractivity contribution in [2.24, 2.45) is 5.73 Å². The largest absolute Gasteiger partial charge is 0.480 e. The van der Waals surface area contributed by atoms with E-state index in [1.807, 2.05) is 0 Å². The molecule has 0 saturated heterocycles. The van der Waals surface area contributed by atoms with Gasteiger partial charge in [-0.25, -0.2) is 0 Å². The Kier molecular flexibility index (Phi) is 7.22. The average Bonchev–Trinajstić information content (AvgIpc) is 2.35. The monoisotopic (exact) mass is 288 g/mol. The quantitative estimate of drug-likeness (QED) is 0.350. The molecule has 0 aliphatic heterocycles. The van der Waals surface area contributed by atoms with Crippen LogP contribution in [0.25, 0.3) is 0 Å². The first-order chi connectivity index (χ1) is 9.15. The van der Waals surface area contributed by atoms with Gasteiger partial charge in [-0.05, 0) is 20.8 Å². The molecule has 0 aliphatic rings. The number of carboxylic acids is 1. The minimum absolute atomic E-state index is 0.490. The molecule has 0 bridgehead atoms. The van der Waals surface area contributed by atoms with Crippen LogP contribution in [0, 0.1) is 0 Å². The highest BCUT2D eigenvalue weighted by molar-refractivity contribution is 5.93. The third kappa shape index (κ3) is 6.69. The lowest BCUT2D eigenvalue weighted by molar-refractivity contribution is -0.138. The number of amides is 3. The first-order valence-electron chi connectivity index (χ1n) is 6.01. The van der Waals surface area contributed by atoms with Crippen molar-refractivity contribution in [1.82, 2.24) is 16.0 Å². The van der Waals surface area contributed by atoms with Gasteiger partial charge in [0, 0.05) is 0 Å². The molecule has 6 N–H and O–H groups in total. The number of nitrogens with one attached hydrogen (secondary N) is 3. The number of carboxylic acid groups (broad SMARTS) is 1. The first kappa shape index (κ1) is 17.8. The van der Waals surface area contributed by atoms with Gasteiger partial charge in [0.1, 0.15) is 18.6 Å². The van der Waals surface area contributed by atoms with Crippen LogP contribution in [0.1, 0.15) is 20.8 Å². The van der Waals surface area contributed by atoms with Crippen molar-refractivity contribution >= 4 is 23.7 Å². The molecular formula is C11H20N4O5. The lowest BCUT2D eigenvalue weighted by atomic mass is 10.2. The van der Waals surface area contributed by atoms with Crippen molar-refractivity contribution in [3.05, 3.63) is 0 Å². The van der Waals surface area contributed by atoms with Gasteiger partial charge >= 0.3 is 5.97 Å². The number of rotatable bonds is 7. The van der Waals surface area contributed by atoms with E-state index >= 15 is 0 Å². The van der Waals surface area contributed by atoms with Gasteiger partial charge in [-0.2, -0.15) is 0 Å². The van der Waals surface area contributed by atoms with E-state index < -0.39 is 48.4 Å². The van der Waals surface area contributed by atoms with E-state index in [4.69, 9.17) is 10.8 Å². The third-order valence-corrected chi connectivity index (χ3v) is 2.33. The van der Waals surface area contributed by atoms with E-state index in [9.17, 15) is 19.2 Å².